The van der Waals surface area contributed by atoms with Gasteiger partial charge in [-0.2, -0.15) is 0 Å². The molecule has 0 spiro atoms. The second-order valence-electron chi connectivity index (χ2n) is 4.90. The smallest absolute Gasteiger partial charge is 0.307 e. The van der Waals surface area contributed by atoms with E-state index in [-0.39, 0.29) is 18.3 Å². The maximum Gasteiger partial charge on any atom is 0.307 e. The molecule has 2 amide bonds. The molecule has 0 radical (unpaired) electrons. The first-order valence-corrected chi connectivity index (χ1v) is 6.55. The quantitative estimate of drug-likeness (QED) is 0.661. The van der Waals surface area contributed by atoms with Crippen molar-refractivity contribution in [2.45, 2.75) is 6.42 Å². The molecule has 0 saturated heterocycles. The molecule has 0 aliphatic heterocycles. The Labute approximate surface area is 126 Å². The number of hydrogen-bond donors (Lipinski definition) is 3. The molecule has 1 aliphatic rings. The molecule has 1 aliphatic carbocycles. The lowest BCUT2D eigenvalue weighted by atomic mass is 10.2. The third-order valence-electron chi connectivity index (χ3n) is 3.25. The Balaban J connectivity index is 2.05. The zero-order valence-electron chi connectivity index (χ0n) is 11.9. The largest absolute Gasteiger partial charge is 0.493 e. The number of ether oxygens (including phenoxy) is 2. The van der Waals surface area contributed by atoms with Crippen molar-refractivity contribution in [2.75, 3.05) is 19.0 Å². The van der Waals surface area contributed by atoms with Crippen LogP contribution in [0.3, 0.4) is 0 Å². The predicted octanol–water partition coefficient (Wildman–Crippen LogP) is 0.219. The van der Waals surface area contributed by atoms with Crippen molar-refractivity contribution in [2.24, 2.45) is 17.6 Å². The number of aliphatic carboxylic acids is 1. The third-order valence-corrected chi connectivity index (χ3v) is 3.25. The normalized spacial score (nSPS) is 19.1. The summed E-state index contributed by atoms with van der Waals surface area (Å²) in [6.45, 7) is -0.322. The van der Waals surface area contributed by atoms with E-state index in [1.165, 1.54) is 13.2 Å². The van der Waals surface area contributed by atoms with Gasteiger partial charge >= 0.3 is 5.97 Å². The summed E-state index contributed by atoms with van der Waals surface area (Å²) in [5, 5.41) is 11.4. The molecule has 1 fully saturated rings. The summed E-state index contributed by atoms with van der Waals surface area (Å²) in [5.74, 6) is -2.48. The Hall–Kier alpha value is -2.77. The molecular formula is C14H16N2O6. The number of nitrogens with one attached hydrogen (secondary N) is 1. The number of carboxylic acid groups (broad SMARTS) is 1. The number of anilines is 1. The Bertz CT molecular complexity index is 615. The molecule has 0 bridgehead atoms. The van der Waals surface area contributed by atoms with Gasteiger partial charge in [-0.05, 0) is 18.6 Å². The number of methoxy groups -OCH3 is 1. The van der Waals surface area contributed by atoms with Gasteiger partial charge < -0.3 is 25.6 Å². The van der Waals surface area contributed by atoms with Crippen molar-refractivity contribution >= 4 is 23.5 Å². The second kappa shape index (κ2) is 6.33. The van der Waals surface area contributed by atoms with Gasteiger partial charge in [-0.15, -0.1) is 0 Å². The van der Waals surface area contributed by atoms with Crippen LogP contribution in [0.15, 0.2) is 18.2 Å². The van der Waals surface area contributed by atoms with E-state index >= 15 is 0 Å². The van der Waals surface area contributed by atoms with E-state index in [1.54, 1.807) is 12.1 Å². The molecule has 8 nitrogen and oxygen atoms in total. The fourth-order valence-electron chi connectivity index (χ4n) is 2.01. The first-order valence-electron chi connectivity index (χ1n) is 6.55. The highest BCUT2D eigenvalue weighted by atomic mass is 16.5. The Morgan fingerprint density at radius 1 is 1.32 bits per heavy atom. The monoisotopic (exact) mass is 308 g/mol. The summed E-state index contributed by atoms with van der Waals surface area (Å²) in [7, 11) is 1.44. The van der Waals surface area contributed by atoms with E-state index in [0.29, 0.717) is 17.9 Å². The van der Waals surface area contributed by atoms with Gasteiger partial charge in [0.1, 0.15) is 0 Å². The minimum absolute atomic E-state index is 0.254. The summed E-state index contributed by atoms with van der Waals surface area (Å²) in [6, 6.07) is 4.64. The highest BCUT2D eigenvalue weighted by molar-refractivity contribution is 5.98. The fraction of sp³-hybridized carbons (Fsp3) is 0.357. The molecule has 0 aromatic heterocycles. The van der Waals surface area contributed by atoms with Crippen molar-refractivity contribution < 1.29 is 29.0 Å². The van der Waals surface area contributed by atoms with Crippen LogP contribution in [0.25, 0.3) is 0 Å². The maximum absolute atomic E-state index is 11.9. The minimum Gasteiger partial charge on any atom is -0.493 e. The van der Waals surface area contributed by atoms with Crippen LogP contribution in [0.1, 0.15) is 6.42 Å². The van der Waals surface area contributed by atoms with Crippen LogP contribution in [0.2, 0.25) is 0 Å². The SMILES string of the molecule is COc1ccc(NC(=O)C2CC2C(=O)O)cc1OCC(N)=O. The van der Waals surface area contributed by atoms with Crippen molar-refractivity contribution in [3.05, 3.63) is 18.2 Å². The van der Waals surface area contributed by atoms with Crippen LogP contribution >= 0.6 is 0 Å². The topological polar surface area (TPSA) is 128 Å². The maximum atomic E-state index is 11.9. The lowest BCUT2D eigenvalue weighted by molar-refractivity contribution is -0.139. The van der Waals surface area contributed by atoms with Crippen molar-refractivity contribution in [3.63, 3.8) is 0 Å². The molecule has 118 valence electrons. The zero-order valence-corrected chi connectivity index (χ0v) is 11.9. The second-order valence-corrected chi connectivity index (χ2v) is 4.90. The van der Waals surface area contributed by atoms with Crippen molar-refractivity contribution in [1.29, 1.82) is 0 Å². The van der Waals surface area contributed by atoms with Gasteiger partial charge in [-0.25, -0.2) is 0 Å². The van der Waals surface area contributed by atoms with Crippen LogP contribution < -0.4 is 20.5 Å². The average Bonchev–Trinajstić information content (AvgIpc) is 3.26. The number of benzene rings is 1. The molecule has 4 N–H and O–H groups in total. The van der Waals surface area contributed by atoms with E-state index in [0.717, 1.165) is 0 Å². The molecule has 1 aromatic carbocycles. The van der Waals surface area contributed by atoms with Gasteiger partial charge in [0, 0.05) is 11.8 Å². The van der Waals surface area contributed by atoms with E-state index in [4.69, 9.17) is 20.3 Å². The fourth-order valence-corrected chi connectivity index (χ4v) is 2.01. The van der Waals surface area contributed by atoms with Crippen LogP contribution in [0.4, 0.5) is 5.69 Å². The zero-order chi connectivity index (χ0) is 16.3. The van der Waals surface area contributed by atoms with E-state index in [1.807, 2.05) is 0 Å². The first kappa shape index (κ1) is 15.6. The molecular weight excluding hydrogens is 292 g/mol. The number of rotatable bonds is 7. The number of primary amides is 1. The van der Waals surface area contributed by atoms with Crippen LogP contribution in [-0.2, 0) is 14.4 Å². The van der Waals surface area contributed by atoms with Crippen molar-refractivity contribution in [1.82, 2.24) is 0 Å². The third kappa shape index (κ3) is 3.66. The van der Waals surface area contributed by atoms with Crippen LogP contribution in [-0.4, -0.2) is 36.6 Å². The molecule has 2 atom stereocenters. The highest BCUT2D eigenvalue weighted by Gasteiger charge is 2.48. The molecule has 2 rings (SSSR count). The predicted molar refractivity (Wildman–Crippen MR) is 75.5 cm³/mol. The van der Waals surface area contributed by atoms with Gasteiger partial charge in [0.05, 0.1) is 18.9 Å². The standard InChI is InChI=1S/C14H16N2O6/c1-21-10-3-2-7(4-11(10)22-6-12(15)17)16-13(18)8-5-9(8)14(19)20/h2-4,8-9H,5-6H2,1H3,(H2,15,17)(H,16,18)(H,19,20). The molecule has 2 unspecified atom stereocenters. The van der Waals surface area contributed by atoms with Crippen LogP contribution in [0.5, 0.6) is 11.5 Å². The average molecular weight is 308 g/mol. The van der Waals surface area contributed by atoms with Gasteiger partial charge in [-0.1, -0.05) is 0 Å². The van der Waals surface area contributed by atoms with Crippen LogP contribution in [0, 0.1) is 11.8 Å². The number of nitrogens with two attached hydrogens (primary N) is 1. The number of amides is 2. The van der Waals surface area contributed by atoms with E-state index in [9.17, 15) is 14.4 Å². The molecule has 1 aromatic rings. The summed E-state index contributed by atoms with van der Waals surface area (Å²) in [4.78, 5) is 33.4. The Morgan fingerprint density at radius 3 is 2.59 bits per heavy atom. The van der Waals surface area contributed by atoms with Gasteiger partial charge in [0.15, 0.2) is 18.1 Å². The molecule has 22 heavy (non-hydrogen) atoms. The number of hydrogen-bond acceptors (Lipinski definition) is 5. The molecule has 8 heteroatoms. The summed E-state index contributed by atoms with van der Waals surface area (Å²) >= 11 is 0. The van der Waals surface area contributed by atoms with Gasteiger partial charge in [-0.3, -0.25) is 14.4 Å². The van der Waals surface area contributed by atoms with Gasteiger partial charge in [0.25, 0.3) is 5.91 Å². The van der Waals surface area contributed by atoms with E-state index < -0.39 is 23.7 Å². The summed E-state index contributed by atoms with van der Waals surface area (Å²) in [6.07, 6.45) is 0.336. The number of carboxylic acids is 1. The lowest BCUT2D eigenvalue weighted by Crippen LogP contribution is -2.20. The number of carbonyl (C=O) groups excluding carboxylic acids is 2. The summed E-state index contributed by atoms with van der Waals surface area (Å²) < 4.78 is 10.3. The number of carbonyl (C=O) groups is 3. The summed E-state index contributed by atoms with van der Waals surface area (Å²) in [5.41, 5.74) is 5.43. The Morgan fingerprint density at radius 2 is 2.05 bits per heavy atom. The van der Waals surface area contributed by atoms with Gasteiger partial charge in [0.2, 0.25) is 5.91 Å². The minimum atomic E-state index is -0.972. The molecule has 0 heterocycles. The Kier molecular flexibility index (Phi) is 4.50. The van der Waals surface area contributed by atoms with E-state index in [2.05, 4.69) is 5.32 Å². The van der Waals surface area contributed by atoms with Crippen molar-refractivity contribution in [3.8, 4) is 11.5 Å². The first-order chi connectivity index (χ1) is 10.4. The lowest BCUT2D eigenvalue weighted by Gasteiger charge is -2.12. The molecule has 1 saturated carbocycles. The highest BCUT2D eigenvalue weighted by Crippen LogP contribution is 2.40.